The first-order valence-electron chi connectivity index (χ1n) is 8.73. The highest BCUT2D eigenvalue weighted by Gasteiger charge is 2.38. The first-order chi connectivity index (χ1) is 11.3. The van der Waals surface area contributed by atoms with Crippen molar-refractivity contribution in [1.29, 1.82) is 0 Å². The Bertz CT molecular complexity index is 732. The van der Waals surface area contributed by atoms with Crippen molar-refractivity contribution < 1.29 is 0 Å². The molecule has 1 unspecified atom stereocenters. The minimum Gasteiger partial charge on any atom is -0.311 e. The van der Waals surface area contributed by atoms with Crippen molar-refractivity contribution in [2.75, 3.05) is 6.54 Å². The maximum absolute atomic E-state index is 4.57. The molecule has 2 saturated carbocycles. The van der Waals surface area contributed by atoms with E-state index in [0.29, 0.717) is 18.0 Å². The molecule has 2 aliphatic carbocycles. The van der Waals surface area contributed by atoms with Crippen LogP contribution in [0.1, 0.15) is 67.3 Å². The normalized spacial score (nSPS) is 24.7. The summed E-state index contributed by atoms with van der Waals surface area (Å²) in [6.07, 6.45) is 6.45. The van der Waals surface area contributed by atoms with Crippen molar-refractivity contribution in [1.82, 2.24) is 19.7 Å². The number of benzene rings is 1. The van der Waals surface area contributed by atoms with Crippen LogP contribution in [0.15, 0.2) is 28.7 Å². The van der Waals surface area contributed by atoms with E-state index in [0.717, 1.165) is 13.1 Å². The van der Waals surface area contributed by atoms with E-state index in [1.165, 1.54) is 53.8 Å². The summed E-state index contributed by atoms with van der Waals surface area (Å²) in [6, 6.07) is 9.93. The molecule has 1 atom stereocenters. The lowest BCUT2D eigenvalue weighted by atomic mass is 9.95. The summed E-state index contributed by atoms with van der Waals surface area (Å²) in [6.45, 7) is 2.10. The molecule has 3 aliphatic rings. The van der Waals surface area contributed by atoms with Crippen molar-refractivity contribution in [2.24, 2.45) is 0 Å². The second-order valence-corrected chi connectivity index (χ2v) is 8.10. The Morgan fingerprint density at radius 2 is 1.96 bits per heavy atom. The summed E-state index contributed by atoms with van der Waals surface area (Å²) >= 11 is 3.59. The van der Waals surface area contributed by atoms with E-state index in [9.17, 15) is 0 Å². The van der Waals surface area contributed by atoms with Crippen LogP contribution in [0.3, 0.4) is 0 Å². The van der Waals surface area contributed by atoms with Gasteiger partial charge >= 0.3 is 0 Å². The van der Waals surface area contributed by atoms with Gasteiger partial charge in [0.15, 0.2) is 0 Å². The van der Waals surface area contributed by atoms with E-state index in [-0.39, 0.29) is 0 Å². The standard InChI is InChI=1S/C18H21BrN4/c19-14-3-1-2-13(10-14)16-8-9-22(16)11-17-20-21-18(12-4-5-12)23(17)15-6-7-15/h1-3,10,12,15-16H,4-9,11H2. The monoisotopic (exact) mass is 372 g/mol. The van der Waals surface area contributed by atoms with Gasteiger partial charge in [-0.2, -0.15) is 0 Å². The maximum Gasteiger partial charge on any atom is 0.147 e. The van der Waals surface area contributed by atoms with Crippen molar-refractivity contribution in [3.05, 3.63) is 46.0 Å². The molecule has 0 N–H and O–H groups in total. The van der Waals surface area contributed by atoms with Crippen LogP contribution in [0.5, 0.6) is 0 Å². The lowest BCUT2D eigenvalue weighted by molar-refractivity contribution is 0.0771. The maximum atomic E-state index is 4.57. The van der Waals surface area contributed by atoms with Crippen LogP contribution in [-0.4, -0.2) is 26.2 Å². The third-order valence-electron chi connectivity index (χ3n) is 5.36. The Hall–Kier alpha value is -1.20. The molecule has 5 rings (SSSR count). The molecule has 0 radical (unpaired) electrons. The van der Waals surface area contributed by atoms with Gasteiger partial charge in [-0.05, 0) is 49.8 Å². The molecule has 2 heterocycles. The molecule has 1 aromatic heterocycles. The van der Waals surface area contributed by atoms with Crippen molar-refractivity contribution in [3.63, 3.8) is 0 Å². The van der Waals surface area contributed by atoms with Crippen molar-refractivity contribution in [2.45, 2.75) is 56.7 Å². The van der Waals surface area contributed by atoms with E-state index in [1.54, 1.807) is 0 Å². The van der Waals surface area contributed by atoms with Crippen molar-refractivity contribution in [3.8, 4) is 0 Å². The topological polar surface area (TPSA) is 34.0 Å². The predicted molar refractivity (Wildman–Crippen MR) is 92.2 cm³/mol. The highest BCUT2D eigenvalue weighted by atomic mass is 79.9. The Labute approximate surface area is 145 Å². The Kier molecular flexibility index (Phi) is 3.34. The Balaban J connectivity index is 1.38. The molecule has 23 heavy (non-hydrogen) atoms. The zero-order valence-electron chi connectivity index (χ0n) is 13.2. The number of aromatic nitrogens is 3. The zero-order chi connectivity index (χ0) is 15.4. The van der Waals surface area contributed by atoms with Crippen molar-refractivity contribution >= 4 is 15.9 Å². The second-order valence-electron chi connectivity index (χ2n) is 7.18. The lowest BCUT2D eigenvalue weighted by Gasteiger charge is -2.41. The van der Waals surface area contributed by atoms with E-state index in [1.807, 2.05) is 0 Å². The van der Waals surface area contributed by atoms with Gasteiger partial charge in [0.2, 0.25) is 0 Å². The van der Waals surface area contributed by atoms with Crippen LogP contribution in [0.4, 0.5) is 0 Å². The first kappa shape index (κ1) is 14.2. The van der Waals surface area contributed by atoms with Crippen LogP contribution in [0.2, 0.25) is 0 Å². The fraction of sp³-hybridized carbons (Fsp3) is 0.556. The predicted octanol–water partition coefficient (Wildman–Crippen LogP) is 4.20. The largest absolute Gasteiger partial charge is 0.311 e. The van der Waals surface area contributed by atoms with E-state index < -0.39 is 0 Å². The van der Waals surface area contributed by atoms with Gasteiger partial charge in [-0.25, -0.2) is 0 Å². The molecule has 4 nitrogen and oxygen atoms in total. The summed E-state index contributed by atoms with van der Waals surface area (Å²) in [5.74, 6) is 3.14. The molecular weight excluding hydrogens is 352 g/mol. The molecule has 1 saturated heterocycles. The summed E-state index contributed by atoms with van der Waals surface area (Å²) in [7, 11) is 0. The quantitative estimate of drug-likeness (QED) is 0.788. The van der Waals surface area contributed by atoms with Gasteiger partial charge in [0.25, 0.3) is 0 Å². The van der Waals surface area contributed by atoms with Gasteiger partial charge in [0.05, 0.1) is 6.54 Å². The number of likely N-dealkylation sites (tertiary alicyclic amines) is 1. The molecule has 1 aliphatic heterocycles. The number of halogens is 1. The molecule has 2 aromatic rings. The average molecular weight is 373 g/mol. The van der Waals surface area contributed by atoms with Crippen LogP contribution >= 0.6 is 15.9 Å². The Morgan fingerprint density at radius 1 is 1.09 bits per heavy atom. The molecule has 0 bridgehead atoms. The van der Waals surface area contributed by atoms with E-state index in [4.69, 9.17) is 0 Å². The third kappa shape index (κ3) is 2.64. The highest BCUT2D eigenvalue weighted by Crippen LogP contribution is 2.45. The lowest BCUT2D eigenvalue weighted by Crippen LogP contribution is -2.40. The van der Waals surface area contributed by atoms with Crippen LogP contribution in [-0.2, 0) is 6.54 Å². The number of nitrogens with zero attached hydrogens (tertiary/aromatic N) is 4. The van der Waals surface area contributed by atoms with Gasteiger partial charge in [0, 0.05) is 29.0 Å². The van der Waals surface area contributed by atoms with Gasteiger partial charge in [-0.1, -0.05) is 28.1 Å². The SMILES string of the molecule is Brc1cccc(C2CCN2Cc2nnc(C3CC3)n2C2CC2)c1. The minimum atomic E-state index is 0.529. The summed E-state index contributed by atoms with van der Waals surface area (Å²) < 4.78 is 3.65. The van der Waals surface area contributed by atoms with Gasteiger partial charge in [0.1, 0.15) is 11.6 Å². The van der Waals surface area contributed by atoms with Crippen LogP contribution in [0, 0.1) is 0 Å². The molecular formula is C18H21BrN4. The van der Waals surface area contributed by atoms with Gasteiger partial charge in [-0.15, -0.1) is 10.2 Å². The number of hydrogen-bond donors (Lipinski definition) is 0. The number of hydrogen-bond acceptors (Lipinski definition) is 3. The van der Waals surface area contributed by atoms with Crippen LogP contribution in [0.25, 0.3) is 0 Å². The fourth-order valence-corrected chi connectivity index (χ4v) is 4.12. The zero-order valence-corrected chi connectivity index (χ0v) is 14.7. The van der Waals surface area contributed by atoms with Crippen LogP contribution < -0.4 is 0 Å². The molecule has 5 heteroatoms. The minimum absolute atomic E-state index is 0.529. The molecule has 3 fully saturated rings. The summed E-state index contributed by atoms with van der Waals surface area (Å²) in [5.41, 5.74) is 1.41. The number of rotatable bonds is 5. The molecule has 1 aromatic carbocycles. The molecule has 0 amide bonds. The first-order valence-corrected chi connectivity index (χ1v) is 9.52. The molecule has 0 spiro atoms. The van der Waals surface area contributed by atoms with E-state index >= 15 is 0 Å². The summed E-state index contributed by atoms with van der Waals surface area (Å²) in [5, 5.41) is 9.11. The highest BCUT2D eigenvalue weighted by molar-refractivity contribution is 9.10. The average Bonchev–Trinajstić information content (AvgIpc) is 3.42. The Morgan fingerprint density at radius 3 is 2.61 bits per heavy atom. The smallest absolute Gasteiger partial charge is 0.147 e. The fourth-order valence-electron chi connectivity index (χ4n) is 3.70. The summed E-state index contributed by atoms with van der Waals surface area (Å²) in [4.78, 5) is 2.54. The van der Waals surface area contributed by atoms with Gasteiger partial charge < -0.3 is 4.57 Å². The third-order valence-corrected chi connectivity index (χ3v) is 5.85. The molecule has 120 valence electrons. The van der Waals surface area contributed by atoms with E-state index in [2.05, 4.69) is 59.9 Å². The second kappa shape index (κ2) is 5.42. The van der Waals surface area contributed by atoms with Gasteiger partial charge in [-0.3, -0.25) is 4.90 Å².